The van der Waals surface area contributed by atoms with Crippen molar-refractivity contribution in [2.45, 2.75) is 18.8 Å². The van der Waals surface area contributed by atoms with Gasteiger partial charge in [0.05, 0.1) is 34.2 Å². The highest BCUT2D eigenvalue weighted by atomic mass is 16.1. The van der Waals surface area contributed by atoms with Crippen LogP contribution in [0.25, 0.3) is 28.1 Å². The largest absolute Gasteiger partial charge is 0.383 e. The molecular weight excluding hydrogens is 498 g/mol. The molecule has 198 valence electrons. The molecule has 0 amide bonds. The second kappa shape index (κ2) is 10.5. The highest BCUT2D eigenvalue weighted by Gasteiger charge is 2.35. The number of nitrogens with one attached hydrogen (secondary N) is 3. The summed E-state index contributed by atoms with van der Waals surface area (Å²) in [5.74, 6) is 0.497. The van der Waals surface area contributed by atoms with Gasteiger partial charge in [-0.1, -0.05) is 42.5 Å². The molecule has 1 unspecified atom stereocenters. The zero-order valence-electron chi connectivity index (χ0n) is 22.1. The number of aryl methyl sites for hydroxylation is 1. The molecule has 2 aromatic carbocycles. The number of aromatic nitrogens is 6. The van der Waals surface area contributed by atoms with Crippen molar-refractivity contribution in [3.8, 4) is 17.1 Å². The lowest BCUT2D eigenvalue weighted by atomic mass is 9.74. The summed E-state index contributed by atoms with van der Waals surface area (Å²) in [5, 5.41) is 3.59. The molecule has 8 heteroatoms. The van der Waals surface area contributed by atoms with Crippen LogP contribution in [0.5, 0.6) is 0 Å². The number of rotatable bonds is 9. The van der Waals surface area contributed by atoms with Gasteiger partial charge in [-0.3, -0.25) is 9.78 Å². The van der Waals surface area contributed by atoms with Crippen LogP contribution in [0.3, 0.4) is 0 Å². The Morgan fingerprint density at radius 1 is 1.07 bits per heavy atom. The summed E-state index contributed by atoms with van der Waals surface area (Å²) in [5.41, 5.74) is 6.03. The van der Waals surface area contributed by atoms with E-state index in [1.54, 1.807) is 18.7 Å². The Kier molecular flexibility index (Phi) is 6.57. The van der Waals surface area contributed by atoms with Gasteiger partial charge in [-0.05, 0) is 54.8 Å². The van der Waals surface area contributed by atoms with E-state index in [0.29, 0.717) is 30.0 Å². The molecule has 0 aliphatic carbocycles. The number of hydrogen-bond donors (Lipinski definition) is 3. The lowest BCUT2D eigenvalue weighted by Gasteiger charge is -2.34. The maximum Gasteiger partial charge on any atom is 0.261 e. The van der Waals surface area contributed by atoms with Crippen LogP contribution in [0.2, 0.25) is 0 Å². The summed E-state index contributed by atoms with van der Waals surface area (Å²) in [6.07, 6.45) is 11.4. The van der Waals surface area contributed by atoms with Gasteiger partial charge in [0.25, 0.3) is 5.56 Å². The molecule has 4 heterocycles. The molecule has 0 bridgehead atoms. The minimum absolute atomic E-state index is 0.233. The summed E-state index contributed by atoms with van der Waals surface area (Å²) in [4.78, 5) is 33.2. The molecule has 1 atom stereocenters. The van der Waals surface area contributed by atoms with Crippen molar-refractivity contribution in [3.05, 3.63) is 138 Å². The second-order valence-electron chi connectivity index (χ2n) is 9.82. The van der Waals surface area contributed by atoms with E-state index in [9.17, 15) is 4.79 Å². The van der Waals surface area contributed by atoms with Crippen molar-refractivity contribution in [1.82, 2.24) is 29.5 Å². The van der Waals surface area contributed by atoms with Crippen LogP contribution >= 0.6 is 0 Å². The number of allylic oxidation sites excluding steroid dienone is 1. The average Bonchev–Trinajstić information content (AvgIpc) is 3.67. The molecule has 0 spiro atoms. The van der Waals surface area contributed by atoms with Crippen LogP contribution in [0.1, 0.15) is 23.2 Å². The first kappa shape index (κ1) is 25.1. The van der Waals surface area contributed by atoms with E-state index in [1.165, 1.54) is 0 Å². The van der Waals surface area contributed by atoms with Gasteiger partial charge in [-0.2, -0.15) is 0 Å². The summed E-state index contributed by atoms with van der Waals surface area (Å²) in [7, 11) is 0. The van der Waals surface area contributed by atoms with E-state index in [-0.39, 0.29) is 5.56 Å². The smallest absolute Gasteiger partial charge is 0.261 e. The van der Waals surface area contributed by atoms with E-state index in [0.717, 1.165) is 33.5 Å². The molecule has 4 aromatic heterocycles. The third-order valence-electron chi connectivity index (χ3n) is 7.32. The van der Waals surface area contributed by atoms with Crippen molar-refractivity contribution in [2.75, 3.05) is 11.9 Å². The molecule has 6 rings (SSSR count). The van der Waals surface area contributed by atoms with Gasteiger partial charge in [0, 0.05) is 37.0 Å². The maximum absolute atomic E-state index is 13.2. The fraction of sp³-hybridized carbons (Fsp3) is 0.125. The van der Waals surface area contributed by atoms with Crippen LogP contribution < -0.4 is 10.9 Å². The van der Waals surface area contributed by atoms with Gasteiger partial charge in [-0.25, -0.2) is 9.97 Å². The van der Waals surface area contributed by atoms with Crippen molar-refractivity contribution in [1.29, 1.82) is 0 Å². The predicted octanol–water partition coefficient (Wildman–Crippen LogP) is 5.78. The minimum atomic E-state index is -0.506. The molecule has 0 saturated heterocycles. The van der Waals surface area contributed by atoms with Gasteiger partial charge < -0.3 is 19.9 Å². The van der Waals surface area contributed by atoms with E-state index < -0.39 is 5.41 Å². The van der Waals surface area contributed by atoms with Gasteiger partial charge in [0.1, 0.15) is 11.4 Å². The summed E-state index contributed by atoms with van der Waals surface area (Å²) in [6.45, 7) is 6.56. The molecule has 6 aromatic rings. The Morgan fingerprint density at radius 3 is 2.67 bits per heavy atom. The molecule has 0 aliphatic heterocycles. The molecule has 0 saturated carbocycles. The molecule has 0 aliphatic rings. The third-order valence-corrected chi connectivity index (χ3v) is 7.32. The fourth-order valence-electron chi connectivity index (χ4n) is 5.34. The number of hydrogen-bond acceptors (Lipinski definition) is 5. The van der Waals surface area contributed by atoms with Crippen LogP contribution in [0.4, 0.5) is 5.69 Å². The predicted molar refractivity (Wildman–Crippen MR) is 159 cm³/mol. The highest BCUT2D eigenvalue weighted by Crippen LogP contribution is 2.36. The van der Waals surface area contributed by atoms with Crippen LogP contribution in [0.15, 0.2) is 115 Å². The van der Waals surface area contributed by atoms with E-state index in [1.807, 2.05) is 78.5 Å². The first-order valence-corrected chi connectivity index (χ1v) is 13.1. The highest BCUT2D eigenvalue weighted by molar-refractivity contribution is 5.86. The van der Waals surface area contributed by atoms with Gasteiger partial charge >= 0.3 is 0 Å². The van der Waals surface area contributed by atoms with E-state index in [2.05, 4.69) is 45.0 Å². The molecule has 0 radical (unpaired) electrons. The Balaban J connectivity index is 1.43. The SMILES string of the molecule is C=CCC(CNc1cc[nH]c(=O)c1-c1nc2c(C)cc(-n3ccnc3)cc2[nH]1)(c1ccccc1)c1ccccn1. The number of H-pyrrole nitrogens is 2. The zero-order valence-corrected chi connectivity index (χ0v) is 22.1. The second-order valence-corrected chi connectivity index (χ2v) is 9.82. The number of imidazole rings is 2. The van der Waals surface area contributed by atoms with E-state index >= 15 is 0 Å². The number of benzene rings is 2. The molecule has 8 nitrogen and oxygen atoms in total. The molecule has 0 fully saturated rings. The first-order valence-electron chi connectivity index (χ1n) is 13.1. The Hall–Kier alpha value is -5.24. The Morgan fingerprint density at radius 2 is 1.93 bits per heavy atom. The summed E-state index contributed by atoms with van der Waals surface area (Å²) < 4.78 is 1.94. The van der Waals surface area contributed by atoms with Crippen molar-refractivity contribution in [2.24, 2.45) is 0 Å². The van der Waals surface area contributed by atoms with Crippen molar-refractivity contribution >= 4 is 16.7 Å². The quantitative estimate of drug-likeness (QED) is 0.207. The van der Waals surface area contributed by atoms with Gasteiger partial charge in [0.15, 0.2) is 0 Å². The monoisotopic (exact) mass is 527 g/mol. The number of pyridine rings is 2. The van der Waals surface area contributed by atoms with Crippen LogP contribution in [-0.4, -0.2) is 36.0 Å². The number of fused-ring (bicyclic) bond motifs is 1. The summed E-state index contributed by atoms with van der Waals surface area (Å²) in [6, 6.07) is 22.2. The van der Waals surface area contributed by atoms with Gasteiger partial charge in [0.2, 0.25) is 0 Å². The maximum atomic E-state index is 13.2. The lowest BCUT2D eigenvalue weighted by Crippen LogP contribution is -2.36. The van der Waals surface area contributed by atoms with Crippen molar-refractivity contribution in [3.63, 3.8) is 0 Å². The van der Waals surface area contributed by atoms with E-state index in [4.69, 9.17) is 9.97 Å². The number of aromatic amines is 2. The standard InChI is InChI=1S/C32H29N7O/c1-3-13-32(23-9-5-4-6-10-23,27-11-7-8-14-34-27)20-36-25-12-15-35-31(40)28(25)30-37-26-19-24(39-17-16-33-21-39)18-22(2)29(26)38-30/h3-12,14-19,21H,1,13,20H2,2H3,(H,37,38)(H2,35,36,40). The van der Waals surface area contributed by atoms with Gasteiger partial charge in [-0.15, -0.1) is 6.58 Å². The fourth-order valence-corrected chi connectivity index (χ4v) is 5.34. The molecule has 3 N–H and O–H groups in total. The van der Waals surface area contributed by atoms with Crippen LogP contribution in [-0.2, 0) is 5.41 Å². The zero-order chi connectivity index (χ0) is 27.5. The Bertz CT molecular complexity index is 1780. The van der Waals surface area contributed by atoms with Crippen LogP contribution in [0, 0.1) is 6.92 Å². The first-order chi connectivity index (χ1) is 19.6. The number of anilines is 1. The molecular formula is C32H29N7O. The topological polar surface area (TPSA) is 104 Å². The third kappa shape index (κ3) is 4.49. The summed E-state index contributed by atoms with van der Waals surface area (Å²) >= 11 is 0. The molecule has 40 heavy (non-hydrogen) atoms. The Labute approximate surface area is 231 Å². The number of nitrogens with zero attached hydrogens (tertiary/aromatic N) is 4. The van der Waals surface area contributed by atoms with Crippen molar-refractivity contribution < 1.29 is 0 Å². The average molecular weight is 528 g/mol. The minimum Gasteiger partial charge on any atom is -0.383 e. The lowest BCUT2D eigenvalue weighted by molar-refractivity contribution is 0.533. The normalized spacial score (nSPS) is 12.7.